The Morgan fingerprint density at radius 2 is 1.77 bits per heavy atom. The molecule has 0 atom stereocenters. The smallest absolute Gasteiger partial charge is 0.363 e. The molecule has 0 fully saturated rings. The number of aromatic nitrogens is 2. The molecule has 0 saturated carbocycles. The van der Waals surface area contributed by atoms with Crippen molar-refractivity contribution in [2.24, 2.45) is 0 Å². The minimum absolute atomic E-state index is 0.112. The van der Waals surface area contributed by atoms with Crippen LogP contribution in [-0.2, 0) is 0 Å². The Labute approximate surface area is 149 Å². The third-order valence-corrected chi connectivity index (χ3v) is 3.45. The van der Waals surface area contributed by atoms with Crippen molar-refractivity contribution >= 4 is 17.6 Å². The Morgan fingerprint density at radius 3 is 2.46 bits per heavy atom. The lowest BCUT2D eigenvalue weighted by atomic mass is 10.2. The van der Waals surface area contributed by atoms with Crippen molar-refractivity contribution in [2.75, 3.05) is 12.4 Å². The van der Waals surface area contributed by atoms with Crippen LogP contribution in [0.15, 0.2) is 67.1 Å². The number of esters is 1. The highest BCUT2D eigenvalue weighted by Crippen LogP contribution is 2.21. The number of anilines is 1. The van der Waals surface area contributed by atoms with Gasteiger partial charge in [-0.2, -0.15) is 0 Å². The number of rotatable bonds is 5. The summed E-state index contributed by atoms with van der Waals surface area (Å²) in [7, 11) is 1.51. The van der Waals surface area contributed by atoms with Gasteiger partial charge >= 0.3 is 5.97 Å². The van der Waals surface area contributed by atoms with Crippen molar-refractivity contribution in [2.45, 2.75) is 0 Å². The maximum absolute atomic E-state index is 12.3. The molecule has 7 heteroatoms. The summed E-state index contributed by atoms with van der Waals surface area (Å²) in [5.41, 5.74) is 1.09. The van der Waals surface area contributed by atoms with Crippen molar-refractivity contribution in [3.63, 3.8) is 0 Å². The molecule has 3 aromatic rings. The molecule has 1 aromatic heterocycles. The zero-order chi connectivity index (χ0) is 18.4. The average Bonchev–Trinajstić information content (AvgIpc) is 2.70. The van der Waals surface area contributed by atoms with Gasteiger partial charge in [0.2, 0.25) is 0 Å². The van der Waals surface area contributed by atoms with Gasteiger partial charge in [0.15, 0.2) is 5.69 Å². The maximum atomic E-state index is 12.3. The van der Waals surface area contributed by atoms with Crippen molar-refractivity contribution in [1.82, 2.24) is 9.97 Å². The van der Waals surface area contributed by atoms with E-state index < -0.39 is 5.97 Å². The Morgan fingerprint density at radius 1 is 1.00 bits per heavy atom. The van der Waals surface area contributed by atoms with E-state index in [1.54, 1.807) is 48.5 Å². The zero-order valence-corrected chi connectivity index (χ0v) is 13.9. The second kappa shape index (κ2) is 7.89. The number of para-hydroxylation sites is 1. The summed E-state index contributed by atoms with van der Waals surface area (Å²) in [5, 5.41) is 2.76. The van der Waals surface area contributed by atoms with Crippen LogP contribution in [0.25, 0.3) is 0 Å². The minimum Gasteiger partial charge on any atom is -0.496 e. The lowest BCUT2D eigenvalue weighted by Crippen LogP contribution is -2.13. The lowest BCUT2D eigenvalue weighted by Gasteiger charge is -2.09. The molecule has 1 N–H and O–H groups in total. The van der Waals surface area contributed by atoms with E-state index >= 15 is 0 Å². The molecule has 2 aromatic carbocycles. The van der Waals surface area contributed by atoms with Gasteiger partial charge in [0, 0.05) is 18.1 Å². The molecule has 3 rings (SSSR count). The van der Waals surface area contributed by atoms with Gasteiger partial charge in [0.1, 0.15) is 11.5 Å². The van der Waals surface area contributed by atoms with E-state index in [4.69, 9.17) is 9.47 Å². The highest BCUT2D eigenvalue weighted by molar-refractivity contribution is 6.06. The number of hydrogen-bond donors (Lipinski definition) is 1. The topological polar surface area (TPSA) is 90.4 Å². The third-order valence-electron chi connectivity index (χ3n) is 3.45. The Balaban J connectivity index is 1.66. The molecular weight excluding hydrogens is 334 g/mol. The number of carbonyl (C=O) groups excluding carboxylic acids is 2. The van der Waals surface area contributed by atoms with E-state index in [1.807, 2.05) is 0 Å². The van der Waals surface area contributed by atoms with Gasteiger partial charge in [0.25, 0.3) is 5.91 Å². The first-order valence-corrected chi connectivity index (χ1v) is 7.70. The van der Waals surface area contributed by atoms with Crippen molar-refractivity contribution < 1.29 is 19.1 Å². The van der Waals surface area contributed by atoms with Gasteiger partial charge in [-0.05, 0) is 36.4 Å². The van der Waals surface area contributed by atoms with Gasteiger partial charge < -0.3 is 14.8 Å². The molecule has 0 unspecified atom stereocenters. The fourth-order valence-electron chi connectivity index (χ4n) is 2.20. The highest BCUT2D eigenvalue weighted by Gasteiger charge is 2.13. The number of hydrogen-bond acceptors (Lipinski definition) is 6. The van der Waals surface area contributed by atoms with Crippen molar-refractivity contribution in [3.05, 3.63) is 78.4 Å². The van der Waals surface area contributed by atoms with Gasteiger partial charge in [-0.3, -0.25) is 9.78 Å². The normalized spacial score (nSPS) is 10.0. The average molecular weight is 349 g/mol. The van der Waals surface area contributed by atoms with E-state index in [-0.39, 0.29) is 11.6 Å². The Bertz CT molecular complexity index is 912. The largest absolute Gasteiger partial charge is 0.496 e. The molecule has 1 heterocycles. The zero-order valence-electron chi connectivity index (χ0n) is 13.9. The van der Waals surface area contributed by atoms with E-state index in [0.717, 1.165) is 0 Å². The van der Waals surface area contributed by atoms with Crippen molar-refractivity contribution in [1.29, 1.82) is 0 Å². The quantitative estimate of drug-likeness (QED) is 0.562. The number of ether oxygens (including phenoxy) is 2. The third kappa shape index (κ3) is 4.02. The Hall–Kier alpha value is -3.74. The summed E-state index contributed by atoms with van der Waals surface area (Å²) in [6, 6.07) is 13.3. The highest BCUT2D eigenvalue weighted by atomic mass is 16.5. The first kappa shape index (κ1) is 17.1. The summed E-state index contributed by atoms with van der Waals surface area (Å²) >= 11 is 0. The summed E-state index contributed by atoms with van der Waals surface area (Å²) in [5.74, 6) is -0.0915. The molecule has 0 aliphatic carbocycles. The van der Waals surface area contributed by atoms with Crippen LogP contribution < -0.4 is 14.8 Å². The van der Waals surface area contributed by atoms with Crippen LogP contribution in [0.1, 0.15) is 20.8 Å². The van der Waals surface area contributed by atoms with Gasteiger partial charge in [0.05, 0.1) is 18.9 Å². The standard InChI is InChI=1S/C19H15N3O4/c1-25-17-5-3-2-4-15(17)18(23)22-13-6-8-14(9-7-13)26-19(24)16-12-20-10-11-21-16/h2-12H,1H3,(H,22,23). The van der Waals surface area contributed by atoms with Crippen LogP contribution in [0.4, 0.5) is 5.69 Å². The molecule has 130 valence electrons. The van der Waals surface area contributed by atoms with Crippen LogP contribution in [0.5, 0.6) is 11.5 Å². The summed E-state index contributed by atoms with van der Waals surface area (Å²) in [6.45, 7) is 0. The Kier molecular flexibility index (Phi) is 5.19. The predicted octanol–water partition coefficient (Wildman–Crippen LogP) is 2.96. The van der Waals surface area contributed by atoms with Crippen LogP contribution in [-0.4, -0.2) is 29.0 Å². The van der Waals surface area contributed by atoms with Gasteiger partial charge in [-0.1, -0.05) is 12.1 Å². The molecule has 1 amide bonds. The van der Waals surface area contributed by atoms with Crippen molar-refractivity contribution in [3.8, 4) is 11.5 Å². The molecule has 0 aliphatic heterocycles. The summed E-state index contributed by atoms with van der Waals surface area (Å²) in [6.07, 6.45) is 4.20. The molecule has 0 bridgehead atoms. The summed E-state index contributed by atoms with van der Waals surface area (Å²) in [4.78, 5) is 32.0. The van der Waals surface area contributed by atoms with E-state index in [1.165, 1.54) is 25.7 Å². The van der Waals surface area contributed by atoms with Crippen LogP contribution in [0.3, 0.4) is 0 Å². The van der Waals surface area contributed by atoms with E-state index in [2.05, 4.69) is 15.3 Å². The second-order valence-electron chi connectivity index (χ2n) is 5.16. The fraction of sp³-hybridized carbons (Fsp3) is 0.0526. The number of amides is 1. The monoisotopic (exact) mass is 349 g/mol. The summed E-state index contributed by atoms with van der Waals surface area (Å²) < 4.78 is 10.4. The number of nitrogens with zero attached hydrogens (tertiary/aromatic N) is 2. The van der Waals surface area contributed by atoms with Crippen LogP contribution in [0, 0.1) is 0 Å². The first-order valence-electron chi connectivity index (χ1n) is 7.70. The predicted molar refractivity (Wildman–Crippen MR) is 94.4 cm³/mol. The van der Waals surface area contributed by atoms with Crippen LogP contribution in [0.2, 0.25) is 0 Å². The number of benzene rings is 2. The molecule has 0 saturated heterocycles. The molecule has 0 aliphatic rings. The van der Waals surface area contributed by atoms with Gasteiger partial charge in [-0.25, -0.2) is 9.78 Å². The van der Waals surface area contributed by atoms with E-state index in [9.17, 15) is 9.59 Å². The molecule has 7 nitrogen and oxygen atoms in total. The van der Waals surface area contributed by atoms with Gasteiger partial charge in [-0.15, -0.1) is 0 Å². The first-order chi connectivity index (χ1) is 12.7. The number of methoxy groups -OCH3 is 1. The maximum Gasteiger partial charge on any atom is 0.363 e. The number of nitrogens with one attached hydrogen (secondary N) is 1. The molecule has 0 spiro atoms. The lowest BCUT2D eigenvalue weighted by molar-refractivity contribution is 0.0727. The second-order valence-corrected chi connectivity index (χ2v) is 5.16. The minimum atomic E-state index is -0.607. The van der Waals surface area contributed by atoms with E-state index in [0.29, 0.717) is 22.7 Å². The number of carbonyl (C=O) groups is 2. The molecular formula is C19H15N3O4. The fourth-order valence-corrected chi connectivity index (χ4v) is 2.20. The molecule has 0 radical (unpaired) electrons. The SMILES string of the molecule is COc1ccccc1C(=O)Nc1ccc(OC(=O)c2cnccn2)cc1. The molecule has 26 heavy (non-hydrogen) atoms. The van der Waals surface area contributed by atoms with Crippen LogP contribution >= 0.6 is 0 Å².